The van der Waals surface area contributed by atoms with Gasteiger partial charge >= 0.3 is 0 Å². The molecule has 0 bridgehead atoms. The van der Waals surface area contributed by atoms with E-state index in [1.807, 2.05) is 97.1 Å². The molecule has 0 atom stereocenters. The first-order valence-corrected chi connectivity index (χ1v) is 25.6. The molecule has 7 heteroatoms. The van der Waals surface area contributed by atoms with Gasteiger partial charge in [0.05, 0.1) is 21.3 Å². The Balaban J connectivity index is 1.14. The summed E-state index contributed by atoms with van der Waals surface area (Å²) in [6, 6.07) is 74.0. The molecule has 0 heterocycles. The van der Waals surface area contributed by atoms with Gasteiger partial charge in [-0.25, -0.2) is 0 Å². The summed E-state index contributed by atoms with van der Waals surface area (Å²) in [5.74, 6) is 12.7. The predicted molar refractivity (Wildman–Crippen MR) is 323 cm³/mol. The third-order valence-corrected chi connectivity index (χ3v) is 12.8. The van der Waals surface area contributed by atoms with E-state index in [0.29, 0.717) is 17.2 Å². The first-order valence-electron chi connectivity index (χ1n) is 25.6. The van der Waals surface area contributed by atoms with E-state index in [9.17, 15) is 0 Å². The average molecular weight is 1030 g/mol. The summed E-state index contributed by atoms with van der Waals surface area (Å²) in [4.78, 5) is 2.27. The van der Waals surface area contributed by atoms with E-state index in [1.54, 1.807) is 42.1 Å². The molecule has 0 radical (unpaired) electrons. The summed E-state index contributed by atoms with van der Waals surface area (Å²) < 4.78 is 34.2. The van der Waals surface area contributed by atoms with Crippen LogP contribution in [0.3, 0.4) is 0 Å². The molecule has 79 heavy (non-hydrogen) atoms. The third kappa shape index (κ3) is 13.7. The fraction of sp³-hybridized carbons (Fsp3) is 0.0833. The van der Waals surface area contributed by atoms with Crippen molar-refractivity contribution in [2.75, 3.05) is 26.2 Å². The van der Waals surface area contributed by atoms with Crippen molar-refractivity contribution in [2.45, 2.75) is 20.8 Å². The zero-order chi connectivity index (χ0) is 54.8. The number of hydrogen-bond acceptors (Lipinski definition) is 7. The van der Waals surface area contributed by atoms with Gasteiger partial charge in [-0.1, -0.05) is 127 Å². The molecule has 9 aromatic carbocycles. The highest BCUT2D eigenvalue weighted by Crippen LogP contribution is 2.39. The second kappa shape index (κ2) is 26.3. The van der Waals surface area contributed by atoms with Crippen LogP contribution in [0, 0.1) is 36.1 Å². The van der Waals surface area contributed by atoms with Crippen LogP contribution in [-0.2, 0) is 0 Å². The minimum Gasteiger partial charge on any atom is -0.497 e. The van der Waals surface area contributed by atoms with E-state index in [-0.39, 0.29) is 0 Å². The van der Waals surface area contributed by atoms with Gasteiger partial charge in [-0.05, 0) is 194 Å². The van der Waals surface area contributed by atoms with Crippen LogP contribution >= 0.6 is 0 Å². The average Bonchev–Trinajstić information content (AvgIpc) is 3.52. The van der Waals surface area contributed by atoms with E-state index in [2.05, 4.69) is 181 Å². The maximum absolute atomic E-state index is 5.74. The molecule has 0 saturated heterocycles. The Morgan fingerprint density at radius 1 is 0.304 bits per heavy atom. The minimum absolute atomic E-state index is 0.644. The molecule has 0 aliphatic heterocycles. The normalized spacial score (nSPS) is 10.4. The Bertz CT molecular complexity index is 3750. The van der Waals surface area contributed by atoms with Gasteiger partial charge in [-0.2, -0.15) is 0 Å². The fourth-order valence-electron chi connectivity index (χ4n) is 8.99. The molecule has 0 unspecified atom stereocenters. The Labute approximate surface area is 464 Å². The number of anilines is 3. The monoisotopic (exact) mass is 1030 g/mol. The van der Waals surface area contributed by atoms with Gasteiger partial charge < -0.3 is 33.3 Å². The van der Waals surface area contributed by atoms with Crippen molar-refractivity contribution in [3.8, 4) is 70.6 Å². The summed E-state index contributed by atoms with van der Waals surface area (Å²) in [5, 5.41) is 0. The number of methoxy groups -OCH3 is 3. The molecule has 0 aromatic heterocycles. The number of nitrogens with zero attached hydrogens (tertiary/aromatic N) is 1. The van der Waals surface area contributed by atoms with Gasteiger partial charge in [0.25, 0.3) is 0 Å². The Morgan fingerprint density at radius 2 is 0.532 bits per heavy atom. The molecule has 0 fully saturated rings. The van der Waals surface area contributed by atoms with E-state index < -0.39 is 0 Å². The molecule has 7 nitrogen and oxygen atoms in total. The molecule has 386 valence electrons. The Kier molecular flexibility index (Phi) is 17.8. The van der Waals surface area contributed by atoms with Gasteiger partial charge in [0, 0.05) is 37.8 Å². The lowest BCUT2D eigenvalue weighted by molar-refractivity contribution is 0.414. The topological polar surface area (TPSA) is 58.6 Å². The van der Waals surface area contributed by atoms with Crippen LogP contribution in [0.1, 0.15) is 70.8 Å². The molecule has 9 aromatic rings. The molecule has 0 aliphatic carbocycles. The highest BCUT2D eigenvalue weighted by Gasteiger charge is 2.16. The number of hydrogen-bond donors (Lipinski definition) is 0. The molecule has 9 rings (SSSR count). The van der Waals surface area contributed by atoms with Gasteiger partial charge in [-0.3, -0.25) is 0 Å². The van der Waals surface area contributed by atoms with Crippen molar-refractivity contribution in [1.29, 1.82) is 0 Å². The molecule has 0 aliphatic rings. The van der Waals surface area contributed by atoms with Crippen LogP contribution in [0.15, 0.2) is 218 Å². The standard InChI is InChI=1S/C72H57NO6/c1-7-40-77-67-25-13-19-58(49-67)71(57-18-12-24-66(48-57)76-6)44-53-30-36-62(37-31-53)73(61-34-28-52(29-35-61)43-70(55-16-10-22-64(46-55)74-4)56-17-11-23-65(47-56)75-5)63-38-32-54(33-39-63)45-72(59-20-14-26-68(50-59)78-41-8-2)60-21-15-27-69(51-60)79-42-9-3/h10-39,43-51H,1-6H3. The van der Waals surface area contributed by atoms with E-state index >= 15 is 0 Å². The molecular formula is C72H57NO6. The second-order valence-corrected chi connectivity index (χ2v) is 17.9. The first-order chi connectivity index (χ1) is 38.8. The van der Waals surface area contributed by atoms with Crippen molar-refractivity contribution in [3.05, 3.63) is 268 Å². The fourth-order valence-corrected chi connectivity index (χ4v) is 8.99. The largest absolute Gasteiger partial charge is 0.497 e. The van der Waals surface area contributed by atoms with E-state index in [1.165, 1.54) is 0 Å². The van der Waals surface area contributed by atoms with Gasteiger partial charge in [0.1, 0.15) is 52.8 Å². The van der Waals surface area contributed by atoms with Gasteiger partial charge in [0.2, 0.25) is 0 Å². The van der Waals surface area contributed by atoms with Crippen LogP contribution in [0.25, 0.3) is 34.9 Å². The van der Waals surface area contributed by atoms with E-state index in [4.69, 9.17) is 28.4 Å². The van der Waals surface area contributed by atoms with Crippen LogP contribution in [0.2, 0.25) is 0 Å². The lowest BCUT2D eigenvalue weighted by atomic mass is 9.95. The number of ether oxygens (including phenoxy) is 6. The summed E-state index contributed by atoms with van der Waals surface area (Å²) >= 11 is 0. The Hall–Kier alpha value is -10.5. The van der Waals surface area contributed by atoms with Crippen molar-refractivity contribution in [3.63, 3.8) is 0 Å². The number of benzene rings is 9. The Morgan fingerprint density at radius 3 is 0.759 bits per heavy atom. The summed E-state index contributed by atoms with van der Waals surface area (Å²) in [7, 11) is 5.05. The summed E-state index contributed by atoms with van der Waals surface area (Å²) in [6.07, 6.45) is 14.8. The minimum atomic E-state index is 0.644. The highest BCUT2D eigenvalue weighted by atomic mass is 16.5. The maximum atomic E-state index is 5.74. The molecule has 0 N–H and O–H groups in total. The van der Waals surface area contributed by atoms with Gasteiger partial charge in [0.15, 0.2) is 0 Å². The van der Waals surface area contributed by atoms with Crippen molar-refractivity contribution >= 4 is 52.0 Å². The lowest BCUT2D eigenvalue weighted by Gasteiger charge is -2.26. The summed E-state index contributed by atoms with van der Waals surface area (Å²) in [6.45, 7) is 5.25. The van der Waals surface area contributed by atoms with Crippen molar-refractivity contribution < 1.29 is 28.4 Å². The number of rotatable bonds is 18. The summed E-state index contributed by atoms with van der Waals surface area (Å²) in [5.41, 5.74) is 14.8. The van der Waals surface area contributed by atoms with Crippen LogP contribution in [-0.4, -0.2) is 21.3 Å². The molecular weight excluding hydrogens is 975 g/mol. The lowest BCUT2D eigenvalue weighted by Crippen LogP contribution is -2.09. The second-order valence-electron chi connectivity index (χ2n) is 17.9. The van der Waals surface area contributed by atoms with E-state index in [0.717, 1.165) is 101 Å². The van der Waals surface area contributed by atoms with Crippen LogP contribution in [0.5, 0.6) is 34.5 Å². The maximum Gasteiger partial charge on any atom is 0.140 e. The first kappa shape index (κ1) is 53.3. The van der Waals surface area contributed by atoms with Crippen molar-refractivity contribution in [2.24, 2.45) is 0 Å². The van der Waals surface area contributed by atoms with Crippen LogP contribution < -0.4 is 33.3 Å². The molecule has 0 saturated carbocycles. The molecule has 0 spiro atoms. The van der Waals surface area contributed by atoms with Crippen molar-refractivity contribution in [1.82, 2.24) is 0 Å². The SMILES string of the molecule is CC#COc1cccc(C(=Cc2ccc(N(c3ccc(C=C(c4cccc(OC)c4)c4cccc(OC)c4)cc3)c3ccc(C=C(c4cccc(OC#CC)c4)c4cccc(OC#CC)c4)cc3)cc2)c2cccc(OC)c2)c1. The predicted octanol–water partition coefficient (Wildman–Crippen LogP) is 17.0. The molecule has 0 amide bonds. The van der Waals surface area contributed by atoms with Gasteiger partial charge in [-0.15, -0.1) is 0 Å². The quantitative estimate of drug-likeness (QED) is 0.0627. The third-order valence-electron chi connectivity index (χ3n) is 12.8. The highest BCUT2D eigenvalue weighted by molar-refractivity contribution is 5.95. The zero-order valence-electron chi connectivity index (χ0n) is 44.9. The zero-order valence-corrected chi connectivity index (χ0v) is 44.9. The smallest absolute Gasteiger partial charge is 0.140 e. The van der Waals surface area contributed by atoms with Crippen LogP contribution in [0.4, 0.5) is 17.1 Å².